The number of benzene rings is 1. The highest BCUT2D eigenvalue weighted by Crippen LogP contribution is 2.50. The highest BCUT2D eigenvalue weighted by molar-refractivity contribution is 5.92. The van der Waals surface area contributed by atoms with Crippen LogP contribution in [-0.4, -0.2) is 12.5 Å². The summed E-state index contributed by atoms with van der Waals surface area (Å²) in [5, 5.41) is 3.45. The summed E-state index contributed by atoms with van der Waals surface area (Å²) in [7, 11) is 0. The Morgan fingerprint density at radius 2 is 2.00 bits per heavy atom. The number of hydrogen-bond donors (Lipinski definition) is 2. The fourth-order valence-electron chi connectivity index (χ4n) is 2.10. The third kappa shape index (κ3) is 3.07. The zero-order chi connectivity index (χ0) is 12.5. The van der Waals surface area contributed by atoms with Crippen LogP contribution >= 0.6 is 0 Å². The summed E-state index contributed by atoms with van der Waals surface area (Å²) in [5.74, 6) is 0.441. The summed E-state index contributed by atoms with van der Waals surface area (Å²) >= 11 is 0. The average molecular weight is 232 g/mol. The Labute approximate surface area is 102 Å². The van der Waals surface area contributed by atoms with Crippen molar-refractivity contribution in [3.8, 4) is 0 Å². The molecule has 0 aromatic heterocycles. The van der Waals surface area contributed by atoms with Crippen LogP contribution in [0.25, 0.3) is 0 Å². The van der Waals surface area contributed by atoms with Gasteiger partial charge in [0.05, 0.1) is 0 Å². The number of nitrogens with one attached hydrogen (secondary N) is 1. The first-order valence-corrected chi connectivity index (χ1v) is 6.08. The van der Waals surface area contributed by atoms with Gasteiger partial charge >= 0.3 is 0 Å². The van der Waals surface area contributed by atoms with E-state index in [1.807, 2.05) is 12.1 Å². The van der Waals surface area contributed by atoms with Gasteiger partial charge in [0.25, 0.3) is 0 Å². The normalized spacial score (nSPS) is 21.2. The number of carbonyl (C=O) groups excluding carboxylic acids is 1. The lowest BCUT2D eigenvalue weighted by molar-refractivity contribution is 0.100. The molecule has 1 saturated carbocycles. The molecule has 1 amide bonds. The molecular weight excluding hydrogens is 212 g/mol. The van der Waals surface area contributed by atoms with Gasteiger partial charge in [0.1, 0.15) is 0 Å². The molecule has 1 aliphatic carbocycles. The smallest absolute Gasteiger partial charge is 0.248 e. The largest absolute Gasteiger partial charge is 0.366 e. The molecule has 1 aromatic carbocycles. The second-order valence-electron chi connectivity index (χ2n) is 5.58. The molecule has 0 heterocycles. The van der Waals surface area contributed by atoms with Crippen molar-refractivity contribution in [3.63, 3.8) is 0 Å². The molecule has 0 aliphatic heterocycles. The Bertz CT molecular complexity index is 409. The van der Waals surface area contributed by atoms with Crippen LogP contribution < -0.4 is 11.1 Å². The van der Waals surface area contributed by atoms with E-state index in [-0.39, 0.29) is 5.91 Å². The molecular formula is C14H20N2O. The first-order chi connectivity index (χ1) is 7.99. The first kappa shape index (κ1) is 12.1. The van der Waals surface area contributed by atoms with Crippen LogP contribution in [0.15, 0.2) is 24.3 Å². The second-order valence-corrected chi connectivity index (χ2v) is 5.58. The highest BCUT2D eigenvalue weighted by atomic mass is 16.1. The quantitative estimate of drug-likeness (QED) is 0.815. The average Bonchev–Trinajstić information content (AvgIpc) is 2.87. The molecule has 2 rings (SSSR count). The van der Waals surface area contributed by atoms with Gasteiger partial charge in [0.15, 0.2) is 0 Å². The van der Waals surface area contributed by atoms with E-state index >= 15 is 0 Å². The molecule has 3 heteroatoms. The van der Waals surface area contributed by atoms with Gasteiger partial charge in [-0.25, -0.2) is 0 Å². The van der Waals surface area contributed by atoms with Crippen molar-refractivity contribution in [1.82, 2.24) is 5.32 Å². The SMILES string of the molecule is CC1(C)CC1CNCc1ccc(C(N)=O)cc1. The number of rotatable bonds is 5. The minimum Gasteiger partial charge on any atom is -0.366 e. The molecule has 17 heavy (non-hydrogen) atoms. The summed E-state index contributed by atoms with van der Waals surface area (Å²) in [5.41, 5.74) is 7.47. The third-order valence-electron chi connectivity index (χ3n) is 3.68. The Hall–Kier alpha value is -1.35. The molecule has 0 spiro atoms. The number of hydrogen-bond acceptors (Lipinski definition) is 2. The van der Waals surface area contributed by atoms with Crippen molar-refractivity contribution in [2.24, 2.45) is 17.1 Å². The standard InChI is InChI=1S/C14H20N2O/c1-14(2)7-12(14)9-16-8-10-3-5-11(6-4-10)13(15)17/h3-6,12,16H,7-9H2,1-2H3,(H2,15,17). The van der Waals surface area contributed by atoms with E-state index in [1.165, 1.54) is 12.0 Å². The van der Waals surface area contributed by atoms with Crippen LogP contribution in [-0.2, 0) is 6.54 Å². The van der Waals surface area contributed by atoms with Gasteiger partial charge in [0, 0.05) is 12.1 Å². The lowest BCUT2D eigenvalue weighted by Gasteiger charge is -2.06. The Morgan fingerprint density at radius 3 is 2.47 bits per heavy atom. The van der Waals surface area contributed by atoms with E-state index in [9.17, 15) is 4.79 Å². The molecule has 1 unspecified atom stereocenters. The predicted molar refractivity (Wildman–Crippen MR) is 68.6 cm³/mol. The summed E-state index contributed by atoms with van der Waals surface area (Å²) in [6.07, 6.45) is 1.32. The van der Waals surface area contributed by atoms with E-state index in [1.54, 1.807) is 12.1 Å². The Balaban J connectivity index is 1.78. The van der Waals surface area contributed by atoms with Gasteiger partial charge in [-0.15, -0.1) is 0 Å². The van der Waals surface area contributed by atoms with Gasteiger partial charge in [-0.05, 0) is 42.0 Å². The third-order valence-corrected chi connectivity index (χ3v) is 3.68. The van der Waals surface area contributed by atoms with Crippen LogP contribution in [0, 0.1) is 11.3 Å². The molecule has 0 radical (unpaired) electrons. The van der Waals surface area contributed by atoms with Crippen LogP contribution in [0.5, 0.6) is 0 Å². The fraction of sp³-hybridized carbons (Fsp3) is 0.500. The zero-order valence-corrected chi connectivity index (χ0v) is 10.5. The van der Waals surface area contributed by atoms with Crippen molar-refractivity contribution in [3.05, 3.63) is 35.4 Å². The van der Waals surface area contributed by atoms with Gasteiger partial charge in [-0.3, -0.25) is 4.79 Å². The number of amides is 1. The van der Waals surface area contributed by atoms with E-state index in [4.69, 9.17) is 5.73 Å². The van der Waals surface area contributed by atoms with Crippen molar-refractivity contribution >= 4 is 5.91 Å². The fourth-order valence-corrected chi connectivity index (χ4v) is 2.10. The van der Waals surface area contributed by atoms with Gasteiger partial charge in [0.2, 0.25) is 5.91 Å². The molecule has 3 nitrogen and oxygen atoms in total. The number of carbonyl (C=O) groups is 1. The monoisotopic (exact) mass is 232 g/mol. The molecule has 1 aliphatic rings. The second kappa shape index (κ2) is 4.49. The Morgan fingerprint density at radius 1 is 1.41 bits per heavy atom. The van der Waals surface area contributed by atoms with E-state index in [2.05, 4.69) is 19.2 Å². The predicted octanol–water partition coefficient (Wildman–Crippen LogP) is 1.92. The summed E-state index contributed by atoms with van der Waals surface area (Å²) in [4.78, 5) is 10.9. The molecule has 1 atom stereocenters. The van der Waals surface area contributed by atoms with E-state index in [0.717, 1.165) is 19.0 Å². The van der Waals surface area contributed by atoms with Crippen LogP contribution in [0.3, 0.4) is 0 Å². The number of primary amides is 1. The first-order valence-electron chi connectivity index (χ1n) is 6.08. The van der Waals surface area contributed by atoms with Crippen LogP contribution in [0.4, 0.5) is 0 Å². The summed E-state index contributed by atoms with van der Waals surface area (Å²) in [6.45, 7) is 6.54. The van der Waals surface area contributed by atoms with Crippen LogP contribution in [0.2, 0.25) is 0 Å². The van der Waals surface area contributed by atoms with Gasteiger partial charge in [-0.2, -0.15) is 0 Å². The molecule has 3 N–H and O–H groups in total. The van der Waals surface area contributed by atoms with Crippen molar-refractivity contribution in [2.75, 3.05) is 6.54 Å². The molecule has 1 fully saturated rings. The van der Waals surface area contributed by atoms with Crippen molar-refractivity contribution in [2.45, 2.75) is 26.8 Å². The molecule has 1 aromatic rings. The molecule has 92 valence electrons. The molecule has 0 saturated heterocycles. The maximum absolute atomic E-state index is 10.9. The minimum absolute atomic E-state index is 0.371. The maximum atomic E-state index is 10.9. The minimum atomic E-state index is -0.371. The molecule has 0 bridgehead atoms. The van der Waals surface area contributed by atoms with Crippen molar-refractivity contribution in [1.29, 1.82) is 0 Å². The van der Waals surface area contributed by atoms with Gasteiger partial charge < -0.3 is 11.1 Å². The topological polar surface area (TPSA) is 55.1 Å². The maximum Gasteiger partial charge on any atom is 0.248 e. The lowest BCUT2D eigenvalue weighted by atomic mass is 10.1. The number of nitrogens with two attached hydrogens (primary N) is 1. The van der Waals surface area contributed by atoms with E-state index < -0.39 is 0 Å². The summed E-state index contributed by atoms with van der Waals surface area (Å²) < 4.78 is 0. The summed E-state index contributed by atoms with van der Waals surface area (Å²) in [6, 6.07) is 7.46. The van der Waals surface area contributed by atoms with E-state index in [0.29, 0.717) is 11.0 Å². The Kier molecular flexibility index (Phi) is 3.20. The van der Waals surface area contributed by atoms with Crippen LogP contribution in [0.1, 0.15) is 36.2 Å². The van der Waals surface area contributed by atoms with Crippen molar-refractivity contribution < 1.29 is 4.79 Å². The highest BCUT2D eigenvalue weighted by Gasteiger charge is 2.44. The lowest BCUT2D eigenvalue weighted by Crippen LogP contribution is -2.18. The zero-order valence-electron chi connectivity index (χ0n) is 10.5. The van der Waals surface area contributed by atoms with Gasteiger partial charge in [-0.1, -0.05) is 26.0 Å².